The highest BCUT2D eigenvalue weighted by Crippen LogP contribution is 1.99. The van der Waals surface area contributed by atoms with Crippen molar-refractivity contribution in [2.75, 3.05) is 5.73 Å². The maximum absolute atomic E-state index is 10.6. The van der Waals surface area contributed by atoms with E-state index in [2.05, 4.69) is 31.9 Å². The standard InChI is InChI=1S/C7H7N3O.C4H4N4O2/c1-2-3-5-4-9-7(11)10-6(5)8;5-8-2-1-3(9)7-4(10)6-2/h4H,1H3,(H3,8,9,10,11);1,5H,(H2,6,7,9,10). The molecule has 0 saturated carbocycles. The van der Waals surface area contributed by atoms with Crippen molar-refractivity contribution in [3.8, 4) is 11.8 Å². The van der Waals surface area contributed by atoms with Crippen molar-refractivity contribution in [3.05, 3.63) is 49.1 Å². The van der Waals surface area contributed by atoms with Crippen molar-refractivity contribution < 1.29 is 0 Å². The fraction of sp³-hybridized carbons (Fsp3) is 0.0909. The second-order valence-electron chi connectivity index (χ2n) is 3.48. The predicted octanol–water partition coefficient (Wildman–Crippen LogP) is -0.551. The molecule has 6 N–H and O–H groups in total. The van der Waals surface area contributed by atoms with Gasteiger partial charge in [-0.3, -0.25) is 19.7 Å². The molecule has 2 heterocycles. The van der Waals surface area contributed by atoms with Crippen LogP contribution in [0, 0.1) is 17.4 Å². The summed E-state index contributed by atoms with van der Waals surface area (Å²) in [5.74, 6) is 5.56. The van der Waals surface area contributed by atoms with E-state index in [0.717, 1.165) is 6.07 Å². The summed E-state index contributed by atoms with van der Waals surface area (Å²) < 4.78 is 0. The zero-order valence-corrected chi connectivity index (χ0v) is 10.9. The maximum Gasteiger partial charge on any atom is 0.346 e. The molecular weight excluding hydrogens is 278 g/mol. The van der Waals surface area contributed by atoms with Crippen LogP contribution in [0.15, 0.2) is 31.8 Å². The third-order valence-electron chi connectivity index (χ3n) is 1.97. The Labute approximate surface area is 117 Å². The lowest BCUT2D eigenvalue weighted by molar-refractivity contribution is 0.990. The lowest BCUT2D eigenvalue weighted by Gasteiger charge is -1.93. The average Bonchev–Trinajstić information content (AvgIpc) is 2.42. The van der Waals surface area contributed by atoms with Gasteiger partial charge in [0.15, 0.2) is 5.82 Å². The summed E-state index contributed by atoms with van der Waals surface area (Å²) in [6, 6.07) is 1.02. The van der Waals surface area contributed by atoms with Crippen LogP contribution in [0.1, 0.15) is 12.5 Å². The summed E-state index contributed by atoms with van der Waals surface area (Å²) in [5.41, 5.74) is 10.7. The van der Waals surface area contributed by atoms with E-state index in [0.29, 0.717) is 5.56 Å². The summed E-state index contributed by atoms with van der Waals surface area (Å²) in [4.78, 5) is 41.3. The van der Waals surface area contributed by atoms with Gasteiger partial charge in [0.2, 0.25) is 0 Å². The van der Waals surface area contributed by atoms with E-state index in [-0.39, 0.29) is 11.6 Å². The first-order valence-corrected chi connectivity index (χ1v) is 5.45. The number of rotatable bonds is 1. The fourth-order valence-corrected chi connectivity index (χ4v) is 1.16. The van der Waals surface area contributed by atoms with Gasteiger partial charge in [-0.25, -0.2) is 20.1 Å². The number of nitrogens with zero attached hydrogens (tertiary/aromatic N) is 2. The molecule has 108 valence electrons. The molecule has 0 fully saturated rings. The molecule has 2 aromatic rings. The monoisotopic (exact) mass is 289 g/mol. The molecule has 10 nitrogen and oxygen atoms in total. The second kappa shape index (κ2) is 7.19. The van der Waals surface area contributed by atoms with Crippen LogP contribution in [-0.2, 0) is 0 Å². The van der Waals surface area contributed by atoms with E-state index in [1.807, 2.05) is 4.98 Å². The molecular formula is C11H11N7O3. The third kappa shape index (κ3) is 4.95. The number of nitrogen functional groups attached to an aromatic ring is 1. The fourth-order valence-electron chi connectivity index (χ4n) is 1.16. The Bertz CT molecular complexity index is 838. The Morgan fingerprint density at radius 1 is 1.29 bits per heavy atom. The minimum Gasteiger partial charge on any atom is -0.384 e. The van der Waals surface area contributed by atoms with Crippen LogP contribution in [0.5, 0.6) is 0 Å². The zero-order chi connectivity index (χ0) is 15.8. The molecule has 0 amide bonds. The summed E-state index contributed by atoms with van der Waals surface area (Å²) in [7, 11) is 0. The summed E-state index contributed by atoms with van der Waals surface area (Å²) in [5, 5.41) is 2.87. The highest BCUT2D eigenvalue weighted by Gasteiger charge is 1.94. The molecule has 0 aliphatic heterocycles. The smallest absolute Gasteiger partial charge is 0.346 e. The van der Waals surface area contributed by atoms with Gasteiger partial charge in [-0.2, -0.15) is 0 Å². The van der Waals surface area contributed by atoms with Gasteiger partial charge in [0.25, 0.3) is 5.56 Å². The lowest BCUT2D eigenvalue weighted by Crippen LogP contribution is -2.19. The number of H-pyrrole nitrogens is 3. The predicted molar refractivity (Wildman–Crippen MR) is 74.3 cm³/mol. The summed E-state index contributed by atoms with van der Waals surface area (Å²) >= 11 is 0. The Kier molecular flexibility index (Phi) is 5.34. The van der Waals surface area contributed by atoms with Gasteiger partial charge in [-0.05, 0) is 6.92 Å². The van der Waals surface area contributed by atoms with Crippen LogP contribution in [0.25, 0.3) is 0 Å². The van der Waals surface area contributed by atoms with Gasteiger partial charge >= 0.3 is 11.4 Å². The number of hydrogen-bond acceptors (Lipinski definition) is 7. The van der Waals surface area contributed by atoms with Crippen molar-refractivity contribution in [3.63, 3.8) is 0 Å². The topological polar surface area (TPSA) is 174 Å². The van der Waals surface area contributed by atoms with Crippen molar-refractivity contribution in [2.24, 2.45) is 5.11 Å². The van der Waals surface area contributed by atoms with Crippen molar-refractivity contribution >= 4 is 11.6 Å². The molecule has 0 aliphatic rings. The molecule has 21 heavy (non-hydrogen) atoms. The molecule has 0 radical (unpaired) electrons. The minimum absolute atomic E-state index is 0.0475. The highest BCUT2D eigenvalue weighted by atomic mass is 16.2. The molecule has 0 unspecified atom stereocenters. The van der Waals surface area contributed by atoms with Gasteiger partial charge in [-0.15, -0.1) is 11.0 Å². The first-order valence-electron chi connectivity index (χ1n) is 5.45. The molecule has 0 bridgehead atoms. The van der Waals surface area contributed by atoms with E-state index >= 15 is 0 Å². The molecule has 2 rings (SSSR count). The van der Waals surface area contributed by atoms with Crippen LogP contribution in [0.4, 0.5) is 11.6 Å². The van der Waals surface area contributed by atoms with Gasteiger partial charge in [0.05, 0.1) is 11.8 Å². The molecule has 0 aliphatic carbocycles. The van der Waals surface area contributed by atoms with E-state index in [4.69, 9.17) is 11.3 Å². The highest BCUT2D eigenvalue weighted by molar-refractivity contribution is 5.48. The second-order valence-corrected chi connectivity index (χ2v) is 3.48. The largest absolute Gasteiger partial charge is 0.384 e. The van der Waals surface area contributed by atoms with Gasteiger partial charge in [0.1, 0.15) is 5.82 Å². The van der Waals surface area contributed by atoms with Crippen LogP contribution in [0.2, 0.25) is 0 Å². The van der Waals surface area contributed by atoms with E-state index in [1.54, 1.807) is 6.92 Å². The van der Waals surface area contributed by atoms with Crippen molar-refractivity contribution in [2.45, 2.75) is 6.92 Å². The molecule has 0 atom stereocenters. The Morgan fingerprint density at radius 3 is 2.52 bits per heavy atom. The molecule has 0 spiro atoms. The van der Waals surface area contributed by atoms with Gasteiger partial charge < -0.3 is 5.73 Å². The SMILES string of the molecule is CC#Cc1cnc(=O)[nH]c1N.N=Nc1cc(=O)[nH]c(=O)[nH]1. The number of nitrogens with two attached hydrogens (primary N) is 1. The quantitative estimate of drug-likeness (QED) is 0.349. The average molecular weight is 289 g/mol. The van der Waals surface area contributed by atoms with Crippen molar-refractivity contribution in [1.29, 1.82) is 5.53 Å². The van der Waals surface area contributed by atoms with Crippen LogP contribution in [0.3, 0.4) is 0 Å². The first kappa shape index (κ1) is 15.6. The normalized spacial score (nSPS) is 8.81. The zero-order valence-electron chi connectivity index (χ0n) is 10.9. The Hall–Kier alpha value is -3.48. The van der Waals surface area contributed by atoms with E-state index < -0.39 is 16.9 Å². The van der Waals surface area contributed by atoms with Crippen LogP contribution in [-0.4, -0.2) is 19.9 Å². The Balaban J connectivity index is 0.000000211. The molecule has 0 saturated heterocycles. The minimum atomic E-state index is -0.654. The summed E-state index contributed by atoms with van der Waals surface area (Å²) in [6.07, 6.45) is 1.35. The first-order chi connectivity index (χ1) is 9.96. The van der Waals surface area contributed by atoms with Gasteiger partial charge in [0, 0.05) is 6.07 Å². The van der Waals surface area contributed by atoms with Crippen LogP contribution < -0.4 is 22.7 Å². The molecule has 2 aromatic heterocycles. The number of hydrogen-bond donors (Lipinski definition) is 5. The van der Waals surface area contributed by atoms with Gasteiger partial charge in [-0.1, -0.05) is 5.92 Å². The molecule has 10 heteroatoms. The number of aromatic nitrogens is 4. The van der Waals surface area contributed by atoms with E-state index in [1.165, 1.54) is 6.20 Å². The Morgan fingerprint density at radius 2 is 2.00 bits per heavy atom. The summed E-state index contributed by atoms with van der Waals surface area (Å²) in [6.45, 7) is 1.69. The third-order valence-corrected chi connectivity index (χ3v) is 1.97. The number of aromatic amines is 3. The lowest BCUT2D eigenvalue weighted by atomic mass is 10.3. The maximum atomic E-state index is 10.6. The molecule has 0 aromatic carbocycles. The van der Waals surface area contributed by atoms with E-state index in [9.17, 15) is 14.4 Å². The number of anilines is 1. The number of nitrogens with one attached hydrogen (secondary N) is 4. The van der Waals surface area contributed by atoms with Crippen LogP contribution >= 0.6 is 0 Å². The van der Waals surface area contributed by atoms with Crippen molar-refractivity contribution in [1.82, 2.24) is 19.9 Å².